The predicted molar refractivity (Wildman–Crippen MR) is 108 cm³/mol. The lowest BCUT2D eigenvalue weighted by molar-refractivity contribution is -0.140. The van der Waals surface area contributed by atoms with Gasteiger partial charge in [-0.2, -0.15) is 0 Å². The smallest absolute Gasteiger partial charge is 0.410 e. The van der Waals surface area contributed by atoms with Crippen LogP contribution in [-0.2, 0) is 20.8 Å². The normalized spacial score (nSPS) is 17.1. The van der Waals surface area contributed by atoms with Crippen molar-refractivity contribution in [3.05, 3.63) is 34.9 Å². The molecule has 1 N–H and O–H groups in total. The number of amides is 1. The van der Waals surface area contributed by atoms with Gasteiger partial charge in [0.1, 0.15) is 5.60 Å². The molecule has 1 aliphatic rings. The highest BCUT2D eigenvalue weighted by molar-refractivity contribution is 6.30. The lowest BCUT2D eigenvalue weighted by atomic mass is 10.2. The van der Waals surface area contributed by atoms with Crippen LogP contribution in [0.1, 0.15) is 39.2 Å². The molecule has 0 radical (unpaired) electrons. The molecule has 156 valence electrons. The van der Waals surface area contributed by atoms with E-state index in [1.807, 2.05) is 45.0 Å². The van der Waals surface area contributed by atoms with E-state index < -0.39 is 5.60 Å². The fraction of sp³-hybridized carbons (Fsp3) is 0.600. The molecule has 1 unspecified atom stereocenters. The average molecular weight is 412 g/mol. The van der Waals surface area contributed by atoms with Gasteiger partial charge in [-0.05, 0) is 44.9 Å². The maximum absolute atomic E-state index is 12.4. The van der Waals surface area contributed by atoms with Crippen LogP contribution in [0.15, 0.2) is 24.3 Å². The first-order valence-electron chi connectivity index (χ1n) is 9.47. The van der Waals surface area contributed by atoms with Crippen molar-refractivity contribution in [2.75, 3.05) is 26.7 Å². The second-order valence-electron chi connectivity index (χ2n) is 7.86. The Kier molecular flexibility index (Phi) is 8.10. The molecule has 0 aromatic heterocycles. The Labute approximate surface area is 171 Å². The van der Waals surface area contributed by atoms with Crippen LogP contribution in [0.3, 0.4) is 0 Å². The number of hydrogen-bond donors (Lipinski definition) is 1. The molecule has 1 atom stereocenters. The Morgan fingerprint density at radius 2 is 1.96 bits per heavy atom. The van der Waals surface area contributed by atoms with Crippen molar-refractivity contribution in [1.82, 2.24) is 15.3 Å². The molecular formula is C20H30ClN3O4. The SMILES string of the molecule is COC(=O)CCNN(Cc1ccc(Cl)cc1)C1CCN(C(=O)OC(C)(C)C)C1. The van der Waals surface area contributed by atoms with Gasteiger partial charge in [-0.25, -0.2) is 9.80 Å². The maximum atomic E-state index is 12.4. The van der Waals surface area contributed by atoms with E-state index in [0.717, 1.165) is 12.0 Å². The number of halogens is 1. The topological polar surface area (TPSA) is 71.1 Å². The summed E-state index contributed by atoms with van der Waals surface area (Å²) >= 11 is 5.98. The van der Waals surface area contributed by atoms with E-state index in [2.05, 4.69) is 10.4 Å². The summed E-state index contributed by atoms with van der Waals surface area (Å²) in [6.45, 7) is 7.87. The molecule has 0 aliphatic carbocycles. The van der Waals surface area contributed by atoms with E-state index in [4.69, 9.17) is 21.1 Å². The van der Waals surface area contributed by atoms with Gasteiger partial charge in [-0.15, -0.1) is 0 Å². The van der Waals surface area contributed by atoms with E-state index in [9.17, 15) is 9.59 Å². The van der Waals surface area contributed by atoms with Crippen molar-refractivity contribution in [2.45, 2.75) is 51.8 Å². The van der Waals surface area contributed by atoms with Gasteiger partial charge in [0.25, 0.3) is 0 Å². The third kappa shape index (κ3) is 7.30. The third-order valence-corrected chi connectivity index (χ3v) is 4.65. The van der Waals surface area contributed by atoms with Crippen LogP contribution in [0, 0.1) is 0 Å². The third-order valence-electron chi connectivity index (χ3n) is 4.39. The standard InChI is InChI=1S/C20H30ClN3O4/c1-20(2,3)28-19(26)23-12-10-17(14-23)24(22-11-9-18(25)27-4)13-15-5-7-16(21)8-6-15/h5-8,17,22H,9-14H2,1-4H3. The van der Waals surface area contributed by atoms with E-state index in [-0.39, 0.29) is 24.5 Å². The average Bonchev–Trinajstić information content (AvgIpc) is 3.11. The Morgan fingerprint density at radius 1 is 1.29 bits per heavy atom. The first kappa shape index (κ1) is 22.5. The van der Waals surface area contributed by atoms with Gasteiger partial charge in [0.05, 0.1) is 13.5 Å². The van der Waals surface area contributed by atoms with E-state index >= 15 is 0 Å². The summed E-state index contributed by atoms with van der Waals surface area (Å²) in [5, 5.41) is 2.77. The molecule has 1 saturated heterocycles. The van der Waals surface area contributed by atoms with Crippen molar-refractivity contribution in [2.24, 2.45) is 0 Å². The van der Waals surface area contributed by atoms with E-state index in [1.54, 1.807) is 4.90 Å². The summed E-state index contributed by atoms with van der Waals surface area (Å²) in [7, 11) is 1.38. The molecule has 1 heterocycles. The quantitative estimate of drug-likeness (QED) is 0.548. The zero-order valence-corrected chi connectivity index (χ0v) is 17.8. The number of benzene rings is 1. The highest BCUT2D eigenvalue weighted by Gasteiger charge is 2.33. The fourth-order valence-electron chi connectivity index (χ4n) is 2.99. The van der Waals surface area contributed by atoms with Gasteiger partial charge < -0.3 is 14.4 Å². The number of carbonyl (C=O) groups excluding carboxylic acids is 2. The van der Waals surface area contributed by atoms with Gasteiger partial charge in [0.2, 0.25) is 0 Å². The predicted octanol–water partition coefficient (Wildman–Crippen LogP) is 3.22. The Morgan fingerprint density at radius 3 is 2.57 bits per heavy atom. The number of rotatable bonds is 7. The highest BCUT2D eigenvalue weighted by Crippen LogP contribution is 2.20. The number of nitrogens with zero attached hydrogens (tertiary/aromatic N) is 2. The van der Waals surface area contributed by atoms with Crippen molar-refractivity contribution in [1.29, 1.82) is 0 Å². The minimum atomic E-state index is -0.517. The van der Waals surface area contributed by atoms with Crippen LogP contribution in [0.25, 0.3) is 0 Å². The van der Waals surface area contributed by atoms with E-state index in [1.165, 1.54) is 7.11 Å². The van der Waals surface area contributed by atoms with Gasteiger partial charge in [-0.3, -0.25) is 10.2 Å². The molecule has 0 spiro atoms. The van der Waals surface area contributed by atoms with Gasteiger partial charge in [0, 0.05) is 37.2 Å². The zero-order chi connectivity index (χ0) is 20.7. The van der Waals surface area contributed by atoms with Crippen LogP contribution in [0.5, 0.6) is 0 Å². The van der Waals surface area contributed by atoms with Gasteiger partial charge in [-0.1, -0.05) is 23.7 Å². The zero-order valence-electron chi connectivity index (χ0n) is 17.0. The highest BCUT2D eigenvalue weighted by atomic mass is 35.5. The molecule has 2 rings (SSSR count). The Hall–Kier alpha value is -1.83. The number of carbonyl (C=O) groups is 2. The molecule has 1 amide bonds. The van der Waals surface area contributed by atoms with Crippen molar-refractivity contribution in [3.63, 3.8) is 0 Å². The van der Waals surface area contributed by atoms with Crippen LogP contribution in [0.4, 0.5) is 4.79 Å². The summed E-state index contributed by atoms with van der Waals surface area (Å²) in [6.07, 6.45) is 0.796. The number of ether oxygens (including phenoxy) is 2. The van der Waals surface area contributed by atoms with Gasteiger partial charge in [0.15, 0.2) is 0 Å². The first-order valence-corrected chi connectivity index (χ1v) is 9.85. The van der Waals surface area contributed by atoms with Crippen LogP contribution in [0.2, 0.25) is 5.02 Å². The number of hydrogen-bond acceptors (Lipinski definition) is 6. The monoisotopic (exact) mass is 411 g/mol. The molecule has 7 nitrogen and oxygen atoms in total. The summed E-state index contributed by atoms with van der Waals surface area (Å²) < 4.78 is 10.2. The largest absolute Gasteiger partial charge is 0.469 e. The lowest BCUT2D eigenvalue weighted by Crippen LogP contribution is -2.47. The number of hydrazine groups is 1. The van der Waals surface area contributed by atoms with Crippen LogP contribution >= 0.6 is 11.6 Å². The minimum absolute atomic E-state index is 0.112. The van der Waals surface area contributed by atoms with E-state index in [0.29, 0.717) is 31.2 Å². The fourth-order valence-corrected chi connectivity index (χ4v) is 3.12. The summed E-state index contributed by atoms with van der Waals surface area (Å²) in [5.74, 6) is -0.263. The number of nitrogens with one attached hydrogen (secondary N) is 1. The molecule has 0 saturated carbocycles. The Bertz CT molecular complexity index is 660. The number of likely N-dealkylation sites (tertiary alicyclic amines) is 1. The summed E-state index contributed by atoms with van der Waals surface area (Å²) in [6, 6.07) is 7.76. The second-order valence-corrected chi connectivity index (χ2v) is 8.29. The molecule has 28 heavy (non-hydrogen) atoms. The molecule has 1 fully saturated rings. The van der Waals surface area contributed by atoms with Crippen molar-refractivity contribution in [3.8, 4) is 0 Å². The Balaban J connectivity index is 2.00. The van der Waals surface area contributed by atoms with Crippen molar-refractivity contribution < 1.29 is 19.1 Å². The summed E-state index contributed by atoms with van der Waals surface area (Å²) in [4.78, 5) is 25.5. The molecule has 1 aromatic carbocycles. The maximum Gasteiger partial charge on any atom is 0.410 e. The molecule has 1 aliphatic heterocycles. The summed E-state index contributed by atoms with van der Waals surface area (Å²) in [5.41, 5.74) is 3.89. The first-order chi connectivity index (χ1) is 13.2. The molecule has 8 heteroatoms. The second kappa shape index (κ2) is 10.1. The van der Waals surface area contributed by atoms with Gasteiger partial charge >= 0.3 is 12.1 Å². The number of esters is 1. The van der Waals surface area contributed by atoms with Crippen molar-refractivity contribution >= 4 is 23.7 Å². The lowest BCUT2D eigenvalue weighted by Gasteiger charge is -2.30. The molecule has 0 bridgehead atoms. The minimum Gasteiger partial charge on any atom is -0.469 e. The number of methoxy groups -OCH3 is 1. The molecular weight excluding hydrogens is 382 g/mol. The van der Waals surface area contributed by atoms with Crippen LogP contribution < -0.4 is 5.43 Å². The molecule has 1 aromatic rings. The van der Waals surface area contributed by atoms with Crippen LogP contribution in [-0.4, -0.2) is 60.4 Å².